The summed E-state index contributed by atoms with van der Waals surface area (Å²) in [7, 11) is 1.73. The number of hydrogen-bond donors (Lipinski definition) is 1. The largest absolute Gasteiger partial charge is 0.495 e. The molecule has 0 fully saturated rings. The maximum atomic E-state index is 13.6. The first-order valence-electron chi connectivity index (χ1n) is 10.4. The van der Waals surface area contributed by atoms with Crippen molar-refractivity contribution >= 4 is 73.0 Å². The quantitative estimate of drug-likeness (QED) is 0.299. The number of ketones is 1. The van der Waals surface area contributed by atoms with Crippen molar-refractivity contribution in [2.24, 2.45) is 5.41 Å². The van der Waals surface area contributed by atoms with Crippen molar-refractivity contribution in [3.05, 3.63) is 72.4 Å². The van der Waals surface area contributed by atoms with Gasteiger partial charge in [-0.25, -0.2) is 0 Å². The van der Waals surface area contributed by atoms with Crippen LogP contribution < -0.4 is 10.1 Å². The molecule has 1 aliphatic carbocycles. The fraction of sp³-hybridized carbons (Fsp3) is 0.269. The SMILES string of the molecule is COc1c(I)cc(I)cc1C1Nc2ccc3ccccc3c2C2=C1CC(C)(C)CC2=O. The lowest BCUT2D eigenvalue weighted by Crippen LogP contribution is -2.32. The molecule has 3 aromatic carbocycles. The summed E-state index contributed by atoms with van der Waals surface area (Å²) in [5.74, 6) is 1.13. The standard InChI is InChI=1S/C26H23I2NO2/c1-26(2)12-18-23(21(30)13-26)22-16-7-5-4-6-14(16)8-9-20(22)29-24(18)17-10-15(27)11-19(28)25(17)31-3/h4-11,24,29H,12-13H2,1-3H3. The molecule has 0 radical (unpaired) electrons. The topological polar surface area (TPSA) is 38.3 Å². The van der Waals surface area contributed by atoms with Crippen LogP contribution in [0, 0.1) is 12.6 Å². The maximum absolute atomic E-state index is 13.6. The molecular formula is C26H23I2NO2. The molecule has 1 atom stereocenters. The van der Waals surface area contributed by atoms with E-state index in [1.165, 1.54) is 5.57 Å². The lowest BCUT2D eigenvalue weighted by Gasteiger charge is -2.41. The van der Waals surface area contributed by atoms with Crippen LogP contribution in [0.1, 0.15) is 43.9 Å². The molecular weight excluding hydrogens is 612 g/mol. The monoisotopic (exact) mass is 635 g/mol. The maximum Gasteiger partial charge on any atom is 0.164 e. The number of benzene rings is 3. The first kappa shape index (κ1) is 21.2. The molecule has 0 saturated carbocycles. The molecule has 3 nitrogen and oxygen atoms in total. The van der Waals surface area contributed by atoms with E-state index >= 15 is 0 Å². The van der Waals surface area contributed by atoms with Crippen LogP contribution in [0.25, 0.3) is 16.3 Å². The van der Waals surface area contributed by atoms with Crippen LogP contribution in [-0.2, 0) is 4.79 Å². The Morgan fingerprint density at radius 2 is 1.84 bits per heavy atom. The number of fused-ring (bicyclic) bond motifs is 4. The lowest BCUT2D eigenvalue weighted by molar-refractivity contribution is -0.116. The molecule has 158 valence electrons. The van der Waals surface area contributed by atoms with Crippen LogP contribution >= 0.6 is 45.2 Å². The van der Waals surface area contributed by atoms with Crippen LogP contribution in [0.2, 0.25) is 0 Å². The number of Topliss-reactive ketones (excluding diaryl/α,β-unsaturated/α-hetero) is 1. The van der Waals surface area contributed by atoms with E-state index in [0.29, 0.717) is 6.42 Å². The van der Waals surface area contributed by atoms with E-state index in [4.69, 9.17) is 4.74 Å². The van der Waals surface area contributed by atoms with Crippen molar-refractivity contribution in [1.82, 2.24) is 0 Å². The summed E-state index contributed by atoms with van der Waals surface area (Å²) < 4.78 is 8.08. The molecule has 5 rings (SSSR count). The van der Waals surface area contributed by atoms with E-state index in [9.17, 15) is 4.79 Å². The molecule has 1 N–H and O–H groups in total. The van der Waals surface area contributed by atoms with E-state index in [-0.39, 0.29) is 17.2 Å². The number of carbonyl (C=O) groups excluding carboxylic acids is 1. The van der Waals surface area contributed by atoms with Gasteiger partial charge in [-0.3, -0.25) is 4.79 Å². The fourth-order valence-corrected chi connectivity index (χ4v) is 7.20. The van der Waals surface area contributed by atoms with E-state index in [0.717, 1.165) is 52.5 Å². The van der Waals surface area contributed by atoms with Crippen LogP contribution in [-0.4, -0.2) is 12.9 Å². The fourth-order valence-electron chi connectivity index (χ4n) is 5.09. The number of allylic oxidation sites excluding steroid dienone is 1. The van der Waals surface area contributed by atoms with Crippen molar-refractivity contribution in [2.75, 3.05) is 12.4 Å². The van der Waals surface area contributed by atoms with Crippen molar-refractivity contribution in [2.45, 2.75) is 32.7 Å². The highest BCUT2D eigenvalue weighted by atomic mass is 127. The molecule has 0 spiro atoms. The average molecular weight is 635 g/mol. The van der Waals surface area contributed by atoms with Crippen molar-refractivity contribution in [3.8, 4) is 5.75 Å². The molecule has 3 aromatic rings. The van der Waals surface area contributed by atoms with E-state index in [1.807, 2.05) is 6.07 Å². The zero-order valence-corrected chi connectivity index (χ0v) is 22.0. The van der Waals surface area contributed by atoms with Crippen LogP contribution in [0.15, 0.2) is 54.1 Å². The van der Waals surface area contributed by atoms with Gasteiger partial charge in [0.1, 0.15) is 5.75 Å². The zero-order chi connectivity index (χ0) is 21.9. The van der Waals surface area contributed by atoms with Gasteiger partial charge in [0.15, 0.2) is 5.78 Å². The normalized spacial score (nSPS) is 19.6. The van der Waals surface area contributed by atoms with Gasteiger partial charge in [-0.15, -0.1) is 0 Å². The van der Waals surface area contributed by atoms with Gasteiger partial charge in [0.05, 0.1) is 16.7 Å². The second-order valence-electron chi connectivity index (χ2n) is 9.14. The minimum Gasteiger partial charge on any atom is -0.495 e. The second kappa shape index (κ2) is 7.76. The lowest BCUT2D eigenvalue weighted by atomic mass is 9.67. The predicted molar refractivity (Wildman–Crippen MR) is 144 cm³/mol. The van der Waals surface area contributed by atoms with Gasteiger partial charge >= 0.3 is 0 Å². The smallest absolute Gasteiger partial charge is 0.164 e. The number of halogens is 2. The number of methoxy groups -OCH3 is 1. The Kier molecular flexibility index (Phi) is 5.32. The molecule has 31 heavy (non-hydrogen) atoms. The van der Waals surface area contributed by atoms with Crippen LogP contribution in [0.3, 0.4) is 0 Å². The van der Waals surface area contributed by atoms with Crippen molar-refractivity contribution in [1.29, 1.82) is 0 Å². The summed E-state index contributed by atoms with van der Waals surface area (Å²) in [4.78, 5) is 13.6. The summed E-state index contributed by atoms with van der Waals surface area (Å²) in [6, 6.07) is 16.8. The summed E-state index contributed by atoms with van der Waals surface area (Å²) in [5.41, 5.74) is 5.19. The Bertz CT molecular complexity index is 1280. The number of nitrogens with one attached hydrogen (secondary N) is 1. The zero-order valence-electron chi connectivity index (χ0n) is 17.7. The predicted octanol–water partition coefficient (Wildman–Crippen LogP) is 7.37. The average Bonchev–Trinajstić information content (AvgIpc) is 2.71. The first-order valence-corrected chi connectivity index (χ1v) is 12.5. The first-order chi connectivity index (χ1) is 14.8. The number of ether oxygens (including phenoxy) is 1. The van der Waals surface area contributed by atoms with E-state index in [1.54, 1.807) is 7.11 Å². The molecule has 0 aromatic heterocycles. The van der Waals surface area contributed by atoms with Crippen LogP contribution in [0.5, 0.6) is 5.75 Å². The van der Waals surface area contributed by atoms with Crippen molar-refractivity contribution < 1.29 is 9.53 Å². The van der Waals surface area contributed by atoms with Gasteiger partial charge in [0.25, 0.3) is 0 Å². The van der Waals surface area contributed by atoms with E-state index in [2.05, 4.69) is 107 Å². The Morgan fingerprint density at radius 3 is 2.61 bits per heavy atom. The molecule has 1 heterocycles. The summed E-state index contributed by atoms with van der Waals surface area (Å²) in [5, 5.41) is 6.09. The Hall–Kier alpha value is -1.61. The summed E-state index contributed by atoms with van der Waals surface area (Å²) in [6.45, 7) is 4.39. The third kappa shape index (κ3) is 3.57. The Balaban J connectivity index is 1.83. The van der Waals surface area contributed by atoms with Gasteiger partial charge in [-0.2, -0.15) is 0 Å². The molecule has 5 heteroatoms. The van der Waals surface area contributed by atoms with E-state index < -0.39 is 0 Å². The number of hydrogen-bond acceptors (Lipinski definition) is 3. The number of rotatable bonds is 2. The van der Waals surface area contributed by atoms with Gasteiger partial charge in [0.2, 0.25) is 0 Å². The highest BCUT2D eigenvalue weighted by Gasteiger charge is 2.41. The molecule has 1 aliphatic heterocycles. The third-order valence-electron chi connectivity index (χ3n) is 6.29. The molecule has 0 bridgehead atoms. The summed E-state index contributed by atoms with van der Waals surface area (Å²) >= 11 is 4.70. The Morgan fingerprint density at radius 1 is 1.06 bits per heavy atom. The van der Waals surface area contributed by atoms with Gasteiger partial charge < -0.3 is 10.1 Å². The number of carbonyl (C=O) groups is 1. The molecule has 0 amide bonds. The van der Waals surface area contributed by atoms with Gasteiger partial charge in [0, 0.05) is 32.4 Å². The van der Waals surface area contributed by atoms with Gasteiger partial charge in [-0.1, -0.05) is 44.2 Å². The second-order valence-corrected chi connectivity index (χ2v) is 11.5. The molecule has 2 aliphatic rings. The van der Waals surface area contributed by atoms with Crippen molar-refractivity contribution in [3.63, 3.8) is 0 Å². The van der Waals surface area contributed by atoms with Crippen LogP contribution in [0.4, 0.5) is 5.69 Å². The highest BCUT2D eigenvalue weighted by molar-refractivity contribution is 14.1. The summed E-state index contributed by atoms with van der Waals surface area (Å²) in [6.07, 6.45) is 1.45. The number of anilines is 1. The molecule has 0 saturated heterocycles. The Labute approximate surface area is 209 Å². The molecule has 1 unspecified atom stereocenters. The third-order valence-corrected chi connectivity index (χ3v) is 7.71. The minimum atomic E-state index is -0.0923. The minimum absolute atomic E-state index is 0.0692. The highest BCUT2D eigenvalue weighted by Crippen LogP contribution is 2.53. The van der Waals surface area contributed by atoms with Gasteiger partial charge in [-0.05, 0) is 91.6 Å².